The lowest BCUT2D eigenvalue weighted by Gasteiger charge is -2.11. The second-order valence-electron chi connectivity index (χ2n) is 3.77. The Hall–Kier alpha value is -1.51. The maximum atomic E-state index is 11.8. The number of ether oxygens (including phenoxy) is 1. The van der Waals surface area contributed by atoms with Crippen molar-refractivity contribution in [2.45, 2.75) is 25.7 Å². The first-order valence-corrected chi connectivity index (χ1v) is 5.16. The molecule has 1 N–H and O–H groups in total. The van der Waals surface area contributed by atoms with Gasteiger partial charge in [0.05, 0.1) is 12.7 Å². The molecule has 0 aliphatic heterocycles. The van der Waals surface area contributed by atoms with Crippen LogP contribution in [0.2, 0.25) is 0 Å². The average Bonchev–Trinajstić information content (AvgIpc) is 2.42. The smallest absolute Gasteiger partial charge is 0.167 e. The van der Waals surface area contributed by atoms with Gasteiger partial charge in [0.15, 0.2) is 5.78 Å². The van der Waals surface area contributed by atoms with Gasteiger partial charge in [-0.25, -0.2) is 0 Å². The minimum absolute atomic E-state index is 0.0268. The van der Waals surface area contributed by atoms with Crippen LogP contribution < -0.4 is 4.74 Å². The minimum Gasteiger partial charge on any atom is -0.507 e. The number of phenolic OH excluding ortho intramolecular Hbond substituents is 1. The molecule has 1 aliphatic rings. The van der Waals surface area contributed by atoms with E-state index in [-0.39, 0.29) is 11.5 Å². The second kappa shape index (κ2) is 3.93. The molecule has 0 aromatic heterocycles. The van der Waals surface area contributed by atoms with Gasteiger partial charge in [0.25, 0.3) is 0 Å². The molecule has 1 aliphatic carbocycles. The summed E-state index contributed by atoms with van der Waals surface area (Å²) < 4.78 is 5.21. The van der Waals surface area contributed by atoms with Gasteiger partial charge in [-0.2, -0.15) is 0 Å². The highest BCUT2D eigenvalue weighted by Gasteiger charge is 2.22. The third-order valence-electron chi connectivity index (χ3n) is 2.83. The zero-order valence-electron chi connectivity index (χ0n) is 8.75. The Morgan fingerprint density at radius 2 is 2.00 bits per heavy atom. The summed E-state index contributed by atoms with van der Waals surface area (Å²) in [6, 6.07) is 3.24. The molecular weight excluding hydrogens is 192 g/mol. The van der Waals surface area contributed by atoms with Gasteiger partial charge in [-0.1, -0.05) is 0 Å². The lowest BCUT2D eigenvalue weighted by molar-refractivity contribution is 0.0979. The Bertz CT molecular complexity index is 396. The number of carbonyl (C=O) groups is 1. The quantitative estimate of drug-likeness (QED) is 0.717. The first-order chi connectivity index (χ1) is 7.24. The van der Waals surface area contributed by atoms with Crippen molar-refractivity contribution in [3.05, 3.63) is 23.3 Å². The number of aromatic hydroxyl groups is 1. The Morgan fingerprint density at radius 1 is 1.27 bits per heavy atom. The Balaban J connectivity index is 2.60. The lowest BCUT2D eigenvalue weighted by Crippen LogP contribution is -2.02. The van der Waals surface area contributed by atoms with E-state index in [2.05, 4.69) is 0 Å². The molecule has 0 saturated heterocycles. The number of phenols is 1. The van der Waals surface area contributed by atoms with Crippen LogP contribution in [0.1, 0.15) is 35.2 Å². The van der Waals surface area contributed by atoms with Crippen LogP contribution in [0, 0.1) is 0 Å². The molecule has 0 saturated carbocycles. The maximum absolute atomic E-state index is 11.8. The molecule has 0 atom stereocenters. The fourth-order valence-electron chi connectivity index (χ4n) is 2.08. The molecule has 0 spiro atoms. The van der Waals surface area contributed by atoms with E-state index in [1.54, 1.807) is 13.2 Å². The zero-order valence-corrected chi connectivity index (χ0v) is 8.75. The molecule has 0 bridgehead atoms. The fraction of sp³-hybridized carbons (Fsp3) is 0.417. The monoisotopic (exact) mass is 206 g/mol. The maximum Gasteiger partial charge on any atom is 0.167 e. The molecular formula is C12H14O3. The van der Waals surface area contributed by atoms with Gasteiger partial charge in [-0.05, 0) is 31.4 Å². The topological polar surface area (TPSA) is 46.5 Å². The third kappa shape index (κ3) is 1.69. The van der Waals surface area contributed by atoms with Gasteiger partial charge in [0.1, 0.15) is 11.5 Å². The molecule has 0 amide bonds. The Labute approximate surface area is 88.7 Å². The first-order valence-electron chi connectivity index (χ1n) is 5.16. The van der Waals surface area contributed by atoms with E-state index in [0.29, 0.717) is 17.7 Å². The van der Waals surface area contributed by atoms with Crippen LogP contribution in [0.5, 0.6) is 11.5 Å². The number of benzene rings is 1. The predicted molar refractivity (Wildman–Crippen MR) is 56.5 cm³/mol. The number of fused-ring (bicyclic) bond motifs is 1. The molecule has 0 heterocycles. The number of carbonyl (C=O) groups excluding carboxylic acids is 1. The fourth-order valence-corrected chi connectivity index (χ4v) is 2.08. The lowest BCUT2D eigenvalue weighted by atomic mass is 10.00. The van der Waals surface area contributed by atoms with E-state index in [9.17, 15) is 9.90 Å². The highest BCUT2D eigenvalue weighted by molar-refractivity contribution is 6.00. The summed E-state index contributed by atoms with van der Waals surface area (Å²) in [7, 11) is 1.59. The van der Waals surface area contributed by atoms with E-state index >= 15 is 0 Å². The summed E-state index contributed by atoms with van der Waals surface area (Å²) in [6.07, 6.45) is 3.18. The second-order valence-corrected chi connectivity index (χ2v) is 3.77. The van der Waals surface area contributed by atoms with Crippen molar-refractivity contribution in [1.29, 1.82) is 0 Å². The molecule has 15 heavy (non-hydrogen) atoms. The molecule has 2 rings (SSSR count). The summed E-state index contributed by atoms with van der Waals surface area (Å²) in [5, 5.41) is 9.70. The van der Waals surface area contributed by atoms with Gasteiger partial charge in [-0.15, -0.1) is 0 Å². The van der Waals surface area contributed by atoms with E-state index in [1.807, 2.05) is 0 Å². The van der Waals surface area contributed by atoms with Crippen molar-refractivity contribution in [3.8, 4) is 11.5 Å². The van der Waals surface area contributed by atoms with Crippen molar-refractivity contribution in [1.82, 2.24) is 0 Å². The standard InChI is InChI=1S/C12H14O3/c1-15-11-7-6-10(14)12-8(11)4-2-3-5-9(12)13/h6-7,14H,2-5H2,1H3. The van der Waals surface area contributed by atoms with Crippen LogP contribution in [0.3, 0.4) is 0 Å². The number of Topliss-reactive ketones (excluding diaryl/α,β-unsaturated/α-hetero) is 1. The molecule has 1 aromatic carbocycles. The molecule has 0 fully saturated rings. The van der Waals surface area contributed by atoms with Gasteiger partial charge in [0.2, 0.25) is 0 Å². The highest BCUT2D eigenvalue weighted by atomic mass is 16.5. The molecule has 3 heteroatoms. The van der Waals surface area contributed by atoms with Crippen molar-refractivity contribution >= 4 is 5.78 Å². The summed E-state index contributed by atoms with van der Waals surface area (Å²) in [4.78, 5) is 11.8. The normalized spacial score (nSPS) is 15.7. The van der Waals surface area contributed by atoms with E-state index in [4.69, 9.17) is 4.74 Å². The molecule has 0 radical (unpaired) electrons. The summed E-state index contributed by atoms with van der Waals surface area (Å²) in [6.45, 7) is 0. The minimum atomic E-state index is 0.0268. The largest absolute Gasteiger partial charge is 0.507 e. The van der Waals surface area contributed by atoms with Gasteiger partial charge < -0.3 is 9.84 Å². The van der Waals surface area contributed by atoms with Crippen LogP contribution in [0.4, 0.5) is 0 Å². The van der Waals surface area contributed by atoms with E-state index < -0.39 is 0 Å². The van der Waals surface area contributed by atoms with Crippen molar-refractivity contribution in [3.63, 3.8) is 0 Å². The number of hydrogen-bond acceptors (Lipinski definition) is 3. The van der Waals surface area contributed by atoms with E-state index in [0.717, 1.165) is 24.8 Å². The third-order valence-corrected chi connectivity index (χ3v) is 2.83. The number of ketones is 1. The van der Waals surface area contributed by atoms with Gasteiger partial charge in [-0.3, -0.25) is 4.79 Å². The molecule has 0 unspecified atom stereocenters. The van der Waals surface area contributed by atoms with Crippen LogP contribution >= 0.6 is 0 Å². The number of methoxy groups -OCH3 is 1. The molecule has 3 nitrogen and oxygen atoms in total. The summed E-state index contributed by atoms with van der Waals surface area (Å²) >= 11 is 0. The van der Waals surface area contributed by atoms with Crippen molar-refractivity contribution < 1.29 is 14.6 Å². The van der Waals surface area contributed by atoms with Crippen LogP contribution in [0.15, 0.2) is 12.1 Å². The SMILES string of the molecule is COc1ccc(O)c2c1CCCCC2=O. The Kier molecular flexibility index (Phi) is 2.62. The highest BCUT2D eigenvalue weighted by Crippen LogP contribution is 2.34. The molecule has 1 aromatic rings. The average molecular weight is 206 g/mol. The van der Waals surface area contributed by atoms with Gasteiger partial charge in [0, 0.05) is 12.0 Å². The van der Waals surface area contributed by atoms with Crippen molar-refractivity contribution in [2.75, 3.05) is 7.11 Å². The number of rotatable bonds is 1. The zero-order chi connectivity index (χ0) is 10.8. The summed E-state index contributed by atoms with van der Waals surface area (Å²) in [5.74, 6) is 0.814. The summed E-state index contributed by atoms with van der Waals surface area (Å²) in [5.41, 5.74) is 1.33. The van der Waals surface area contributed by atoms with Crippen LogP contribution in [-0.2, 0) is 6.42 Å². The predicted octanol–water partition coefficient (Wildman–Crippen LogP) is 2.31. The van der Waals surface area contributed by atoms with Crippen LogP contribution in [0.25, 0.3) is 0 Å². The van der Waals surface area contributed by atoms with E-state index in [1.165, 1.54) is 6.07 Å². The van der Waals surface area contributed by atoms with Gasteiger partial charge >= 0.3 is 0 Å². The number of hydrogen-bond donors (Lipinski definition) is 1. The van der Waals surface area contributed by atoms with Crippen molar-refractivity contribution in [2.24, 2.45) is 0 Å². The molecule has 80 valence electrons. The Morgan fingerprint density at radius 3 is 2.73 bits per heavy atom. The van der Waals surface area contributed by atoms with Crippen LogP contribution in [-0.4, -0.2) is 18.0 Å². The first kappa shape index (κ1) is 10.0.